The zero-order valence-corrected chi connectivity index (χ0v) is 11.7. The number of likely N-dealkylation sites (N-methyl/N-ethyl adjacent to an activating group) is 1. The predicted molar refractivity (Wildman–Crippen MR) is 81.4 cm³/mol. The highest BCUT2D eigenvalue weighted by molar-refractivity contribution is 5.78. The van der Waals surface area contributed by atoms with E-state index in [0.717, 1.165) is 17.8 Å². The van der Waals surface area contributed by atoms with Crippen LogP contribution in [0.5, 0.6) is 0 Å². The molecule has 1 heterocycles. The molecule has 0 aliphatic carbocycles. The minimum Gasteiger partial charge on any atom is -0.385 e. The van der Waals surface area contributed by atoms with Gasteiger partial charge in [-0.3, -0.25) is 0 Å². The summed E-state index contributed by atoms with van der Waals surface area (Å²) < 4.78 is 0. The van der Waals surface area contributed by atoms with Crippen molar-refractivity contribution in [3.05, 3.63) is 29.8 Å². The molecule has 2 rings (SSSR count). The van der Waals surface area contributed by atoms with E-state index >= 15 is 0 Å². The van der Waals surface area contributed by atoms with Crippen molar-refractivity contribution in [1.29, 1.82) is 5.41 Å². The molecular formula is C15H24N4. The Hall–Kier alpha value is -1.39. The minimum atomic E-state index is 0.948. The molecule has 1 aromatic rings. The van der Waals surface area contributed by atoms with Crippen LogP contribution in [0.4, 0.5) is 5.69 Å². The van der Waals surface area contributed by atoms with E-state index in [1.807, 2.05) is 18.2 Å². The van der Waals surface area contributed by atoms with Gasteiger partial charge in [-0.25, -0.2) is 0 Å². The lowest BCUT2D eigenvalue weighted by molar-refractivity contribution is 0.154. The maximum absolute atomic E-state index is 7.24. The van der Waals surface area contributed by atoms with Gasteiger partial charge in [0.2, 0.25) is 0 Å². The Balaban J connectivity index is 1.65. The molecule has 0 spiro atoms. The van der Waals surface area contributed by atoms with Crippen LogP contribution in [0, 0.1) is 5.41 Å². The van der Waals surface area contributed by atoms with Crippen LogP contribution in [0.3, 0.4) is 0 Å². The van der Waals surface area contributed by atoms with E-state index in [2.05, 4.69) is 28.2 Å². The Morgan fingerprint density at radius 3 is 2.79 bits per heavy atom. The van der Waals surface area contributed by atoms with E-state index in [1.165, 1.54) is 45.4 Å². The summed E-state index contributed by atoms with van der Waals surface area (Å²) in [6, 6.07) is 8.01. The third-order valence-electron chi connectivity index (χ3n) is 3.63. The minimum absolute atomic E-state index is 0.948. The van der Waals surface area contributed by atoms with Crippen LogP contribution in [0.1, 0.15) is 12.0 Å². The fourth-order valence-corrected chi connectivity index (χ4v) is 2.35. The molecule has 1 fully saturated rings. The van der Waals surface area contributed by atoms with Crippen LogP contribution in [0.15, 0.2) is 24.3 Å². The average Bonchev–Trinajstić information content (AvgIpc) is 2.46. The molecule has 1 aromatic carbocycles. The first kappa shape index (κ1) is 14.0. The molecular weight excluding hydrogens is 236 g/mol. The van der Waals surface area contributed by atoms with Crippen molar-refractivity contribution in [3.63, 3.8) is 0 Å². The smallest absolute Gasteiger partial charge is 0.0346 e. The molecule has 0 unspecified atom stereocenters. The maximum atomic E-state index is 7.24. The van der Waals surface area contributed by atoms with Gasteiger partial charge in [-0.05, 0) is 37.7 Å². The predicted octanol–water partition coefficient (Wildman–Crippen LogP) is 1.73. The summed E-state index contributed by atoms with van der Waals surface area (Å²) in [5.74, 6) is 0. The van der Waals surface area contributed by atoms with Gasteiger partial charge in [-0.15, -0.1) is 0 Å². The van der Waals surface area contributed by atoms with Crippen LogP contribution in [0.25, 0.3) is 0 Å². The maximum Gasteiger partial charge on any atom is 0.0346 e. The van der Waals surface area contributed by atoms with Gasteiger partial charge in [0.15, 0.2) is 0 Å². The number of nitrogens with one attached hydrogen (secondary N) is 2. The van der Waals surface area contributed by atoms with Gasteiger partial charge in [0.25, 0.3) is 0 Å². The molecule has 0 bridgehead atoms. The van der Waals surface area contributed by atoms with E-state index < -0.39 is 0 Å². The first-order chi connectivity index (χ1) is 9.28. The number of rotatable bonds is 6. The van der Waals surface area contributed by atoms with Crippen LogP contribution in [-0.2, 0) is 0 Å². The first-order valence-electron chi connectivity index (χ1n) is 7.03. The Morgan fingerprint density at radius 2 is 2.05 bits per heavy atom. The highest BCUT2D eigenvalue weighted by atomic mass is 15.2. The first-order valence-corrected chi connectivity index (χ1v) is 7.03. The molecule has 0 radical (unpaired) electrons. The van der Waals surface area contributed by atoms with Crippen molar-refractivity contribution >= 4 is 11.9 Å². The van der Waals surface area contributed by atoms with E-state index in [1.54, 1.807) is 0 Å². The SMILES string of the molecule is CN1CCN(CCCNc2cccc(C=N)c2)CC1. The Labute approximate surface area is 115 Å². The zero-order valence-electron chi connectivity index (χ0n) is 11.7. The van der Waals surface area contributed by atoms with Gasteiger partial charge in [0.05, 0.1) is 0 Å². The summed E-state index contributed by atoms with van der Waals surface area (Å²) in [5.41, 5.74) is 2.06. The Bertz CT molecular complexity index is 397. The number of piperazine rings is 1. The van der Waals surface area contributed by atoms with Crippen molar-refractivity contribution in [2.75, 3.05) is 51.6 Å². The lowest BCUT2D eigenvalue weighted by Crippen LogP contribution is -2.44. The standard InChI is InChI=1S/C15H24N4/c1-18-8-10-19(11-9-18)7-3-6-17-15-5-2-4-14(12-15)13-16/h2,4-5,12-13,16-17H,3,6-11H2,1H3. The van der Waals surface area contributed by atoms with Crippen LogP contribution in [0.2, 0.25) is 0 Å². The summed E-state index contributed by atoms with van der Waals surface area (Å²) in [7, 11) is 2.19. The van der Waals surface area contributed by atoms with Crippen molar-refractivity contribution in [2.24, 2.45) is 0 Å². The summed E-state index contributed by atoms with van der Waals surface area (Å²) in [4.78, 5) is 4.92. The van der Waals surface area contributed by atoms with Gasteiger partial charge >= 0.3 is 0 Å². The monoisotopic (exact) mass is 260 g/mol. The molecule has 4 heteroatoms. The molecule has 0 atom stereocenters. The van der Waals surface area contributed by atoms with Crippen LogP contribution in [-0.4, -0.2) is 62.3 Å². The molecule has 0 saturated carbocycles. The second-order valence-corrected chi connectivity index (χ2v) is 5.20. The zero-order chi connectivity index (χ0) is 13.5. The number of hydrogen-bond donors (Lipinski definition) is 2. The van der Waals surface area contributed by atoms with Crippen molar-refractivity contribution in [3.8, 4) is 0 Å². The van der Waals surface area contributed by atoms with Gasteiger partial charge in [-0.1, -0.05) is 12.1 Å². The van der Waals surface area contributed by atoms with E-state index in [-0.39, 0.29) is 0 Å². The second kappa shape index (κ2) is 7.26. The van der Waals surface area contributed by atoms with E-state index in [4.69, 9.17) is 5.41 Å². The van der Waals surface area contributed by atoms with Crippen molar-refractivity contribution in [1.82, 2.24) is 9.80 Å². The quantitative estimate of drug-likeness (QED) is 0.605. The van der Waals surface area contributed by atoms with Crippen LogP contribution < -0.4 is 5.32 Å². The Morgan fingerprint density at radius 1 is 1.26 bits per heavy atom. The Kier molecular flexibility index (Phi) is 5.36. The van der Waals surface area contributed by atoms with Gasteiger partial charge < -0.3 is 20.5 Å². The van der Waals surface area contributed by atoms with Crippen molar-refractivity contribution in [2.45, 2.75) is 6.42 Å². The van der Waals surface area contributed by atoms with E-state index in [0.29, 0.717) is 0 Å². The van der Waals surface area contributed by atoms with Gasteiger partial charge in [0, 0.05) is 44.6 Å². The lowest BCUT2D eigenvalue weighted by Gasteiger charge is -2.32. The molecule has 19 heavy (non-hydrogen) atoms. The third-order valence-corrected chi connectivity index (χ3v) is 3.63. The topological polar surface area (TPSA) is 42.4 Å². The van der Waals surface area contributed by atoms with E-state index in [9.17, 15) is 0 Å². The largest absolute Gasteiger partial charge is 0.385 e. The lowest BCUT2D eigenvalue weighted by atomic mass is 10.2. The molecule has 2 N–H and O–H groups in total. The number of hydrogen-bond acceptors (Lipinski definition) is 4. The fraction of sp³-hybridized carbons (Fsp3) is 0.533. The second-order valence-electron chi connectivity index (χ2n) is 5.20. The normalized spacial score (nSPS) is 17.3. The van der Waals surface area contributed by atoms with Gasteiger partial charge in [-0.2, -0.15) is 0 Å². The molecule has 0 amide bonds. The number of nitrogens with zero attached hydrogens (tertiary/aromatic N) is 2. The summed E-state index contributed by atoms with van der Waals surface area (Å²) >= 11 is 0. The average molecular weight is 260 g/mol. The highest BCUT2D eigenvalue weighted by Gasteiger charge is 2.12. The summed E-state index contributed by atoms with van der Waals surface area (Å²) in [6.07, 6.45) is 2.55. The molecule has 0 aromatic heterocycles. The van der Waals surface area contributed by atoms with Crippen molar-refractivity contribution < 1.29 is 0 Å². The molecule has 4 nitrogen and oxygen atoms in total. The number of benzene rings is 1. The third kappa shape index (κ3) is 4.65. The molecule has 1 aliphatic rings. The number of anilines is 1. The molecule has 1 aliphatic heterocycles. The summed E-state index contributed by atoms with van der Waals surface area (Å²) in [5, 5.41) is 10.7. The van der Waals surface area contributed by atoms with Crippen LogP contribution >= 0.6 is 0 Å². The summed E-state index contributed by atoms with van der Waals surface area (Å²) in [6.45, 7) is 6.93. The highest BCUT2D eigenvalue weighted by Crippen LogP contribution is 2.09. The van der Waals surface area contributed by atoms with Gasteiger partial charge in [0.1, 0.15) is 0 Å². The molecule has 1 saturated heterocycles. The molecule has 104 valence electrons. The fourth-order valence-electron chi connectivity index (χ4n) is 2.35.